The molecule has 0 radical (unpaired) electrons. The molecule has 0 spiro atoms. The van der Waals surface area contributed by atoms with E-state index in [9.17, 15) is 18.5 Å². The topological polar surface area (TPSA) is 85.0 Å². The van der Waals surface area contributed by atoms with Gasteiger partial charge in [-0.1, -0.05) is 0 Å². The molecule has 1 aromatic rings. The van der Waals surface area contributed by atoms with E-state index in [1.165, 1.54) is 21.3 Å². The van der Waals surface area contributed by atoms with Crippen LogP contribution in [0.2, 0.25) is 0 Å². The third kappa shape index (κ3) is 2.92. The Bertz CT molecular complexity index is 664. The van der Waals surface area contributed by atoms with Gasteiger partial charge in [0, 0.05) is 11.6 Å². The highest BCUT2D eigenvalue weighted by Crippen LogP contribution is 2.28. The number of sulfonamides is 1. The van der Waals surface area contributed by atoms with Crippen LogP contribution in [0.1, 0.15) is 11.1 Å². The Kier molecular flexibility index (Phi) is 4.31. The Hall–Kier alpha value is -1.51. The molecule has 116 valence electrons. The molecule has 1 saturated heterocycles. The van der Waals surface area contributed by atoms with Crippen molar-refractivity contribution in [2.75, 3.05) is 33.2 Å². The van der Waals surface area contributed by atoms with Crippen LogP contribution in [0, 0.1) is 24.0 Å². The van der Waals surface area contributed by atoms with Gasteiger partial charge in [-0.2, -0.15) is 4.31 Å². The lowest BCUT2D eigenvalue weighted by molar-refractivity contribution is -0.883. The Balaban J connectivity index is 2.41. The molecule has 2 rings (SSSR count). The molecular formula is C13H20N3O4S+. The summed E-state index contributed by atoms with van der Waals surface area (Å²) < 4.78 is 26.9. The molecule has 0 amide bonds. The number of nitrogens with one attached hydrogen (secondary N) is 1. The fraction of sp³-hybridized carbons (Fsp3) is 0.538. The van der Waals surface area contributed by atoms with Crippen molar-refractivity contribution in [1.29, 1.82) is 0 Å². The summed E-state index contributed by atoms with van der Waals surface area (Å²) in [6.45, 7) is 5.69. The summed E-state index contributed by atoms with van der Waals surface area (Å²) in [5.41, 5.74) is 0.811. The van der Waals surface area contributed by atoms with Crippen LogP contribution in [0.15, 0.2) is 17.0 Å². The van der Waals surface area contributed by atoms with E-state index < -0.39 is 14.9 Å². The van der Waals surface area contributed by atoms with Gasteiger partial charge in [0.25, 0.3) is 5.69 Å². The summed E-state index contributed by atoms with van der Waals surface area (Å²) >= 11 is 0. The molecule has 1 N–H and O–H groups in total. The molecule has 7 nitrogen and oxygen atoms in total. The molecule has 8 heteroatoms. The smallest absolute Gasteiger partial charge is 0.272 e. The van der Waals surface area contributed by atoms with Gasteiger partial charge in [-0.25, -0.2) is 8.42 Å². The first-order valence-corrected chi connectivity index (χ1v) is 8.25. The molecule has 0 bridgehead atoms. The predicted octanol–water partition coefficient (Wildman–Crippen LogP) is -0.269. The lowest BCUT2D eigenvalue weighted by atomic mass is 10.1. The van der Waals surface area contributed by atoms with Gasteiger partial charge in [-0.3, -0.25) is 10.1 Å². The first-order chi connectivity index (χ1) is 9.75. The van der Waals surface area contributed by atoms with Gasteiger partial charge in [0.1, 0.15) is 0 Å². The first-order valence-electron chi connectivity index (χ1n) is 6.81. The van der Waals surface area contributed by atoms with Crippen molar-refractivity contribution in [3.8, 4) is 0 Å². The summed E-state index contributed by atoms with van der Waals surface area (Å²) in [5, 5.41) is 10.9. The van der Waals surface area contributed by atoms with E-state index in [0.717, 1.165) is 13.1 Å². The molecule has 1 aliphatic heterocycles. The second kappa shape index (κ2) is 5.70. The van der Waals surface area contributed by atoms with Crippen LogP contribution in [0.4, 0.5) is 5.69 Å². The van der Waals surface area contributed by atoms with Crippen LogP contribution in [0.5, 0.6) is 0 Å². The first kappa shape index (κ1) is 15.9. The molecule has 1 fully saturated rings. The van der Waals surface area contributed by atoms with Crippen LogP contribution in [0.25, 0.3) is 0 Å². The molecule has 0 saturated carbocycles. The number of nitro groups is 1. The van der Waals surface area contributed by atoms with Gasteiger partial charge in [0.05, 0.1) is 43.0 Å². The Morgan fingerprint density at radius 1 is 1.19 bits per heavy atom. The van der Waals surface area contributed by atoms with Gasteiger partial charge in [0.2, 0.25) is 10.0 Å². The fourth-order valence-corrected chi connectivity index (χ4v) is 4.23. The maximum absolute atomic E-state index is 12.7. The van der Waals surface area contributed by atoms with Crippen LogP contribution < -0.4 is 4.90 Å². The summed E-state index contributed by atoms with van der Waals surface area (Å²) in [5.74, 6) is 0. The SMILES string of the molecule is Cc1c([N+](=O)[O-])ccc(S(=O)(=O)N2CC[NH+](C)CC2)c1C. The van der Waals surface area contributed by atoms with Crippen molar-refractivity contribution < 1.29 is 18.2 Å². The van der Waals surface area contributed by atoms with Crippen LogP contribution in [-0.2, 0) is 10.0 Å². The number of hydrogen-bond acceptors (Lipinski definition) is 4. The van der Waals surface area contributed by atoms with E-state index in [0.29, 0.717) is 24.2 Å². The summed E-state index contributed by atoms with van der Waals surface area (Å²) in [7, 11) is -1.55. The van der Waals surface area contributed by atoms with E-state index >= 15 is 0 Å². The maximum atomic E-state index is 12.7. The van der Waals surface area contributed by atoms with Crippen molar-refractivity contribution in [2.24, 2.45) is 0 Å². The molecule has 0 aromatic heterocycles. The quantitative estimate of drug-likeness (QED) is 0.615. The van der Waals surface area contributed by atoms with Crippen LogP contribution in [0.3, 0.4) is 0 Å². The number of piperazine rings is 1. The number of hydrogen-bond donors (Lipinski definition) is 1. The zero-order chi connectivity index (χ0) is 15.8. The number of nitro benzene ring substituents is 1. The monoisotopic (exact) mass is 314 g/mol. The van der Waals surface area contributed by atoms with Crippen molar-refractivity contribution in [3.05, 3.63) is 33.4 Å². The van der Waals surface area contributed by atoms with E-state index in [2.05, 4.69) is 0 Å². The molecule has 0 unspecified atom stereocenters. The van der Waals surface area contributed by atoms with E-state index in [1.54, 1.807) is 13.8 Å². The predicted molar refractivity (Wildman–Crippen MR) is 77.9 cm³/mol. The van der Waals surface area contributed by atoms with Gasteiger partial charge in [0.15, 0.2) is 0 Å². The number of rotatable bonds is 3. The lowest BCUT2D eigenvalue weighted by Crippen LogP contribution is -3.12. The van der Waals surface area contributed by atoms with Crippen LogP contribution in [-0.4, -0.2) is 50.9 Å². The third-order valence-electron chi connectivity index (χ3n) is 4.10. The molecule has 1 aliphatic rings. The summed E-state index contributed by atoms with van der Waals surface area (Å²) in [6.07, 6.45) is 0. The van der Waals surface area contributed by atoms with Crippen LogP contribution >= 0.6 is 0 Å². The summed E-state index contributed by atoms with van der Waals surface area (Å²) in [4.78, 5) is 11.9. The standard InChI is InChI=1S/C13H19N3O4S/c1-10-11(2)13(5-4-12(10)16(17)18)21(19,20)15-8-6-14(3)7-9-15/h4-5H,6-9H2,1-3H3/p+1. The summed E-state index contributed by atoms with van der Waals surface area (Å²) in [6, 6.07) is 2.62. The van der Waals surface area contributed by atoms with Gasteiger partial charge < -0.3 is 4.90 Å². The maximum Gasteiger partial charge on any atom is 0.272 e. The molecule has 21 heavy (non-hydrogen) atoms. The minimum Gasteiger partial charge on any atom is -0.335 e. The van der Waals surface area contributed by atoms with E-state index in [4.69, 9.17) is 0 Å². The third-order valence-corrected chi connectivity index (χ3v) is 6.14. The highest BCUT2D eigenvalue weighted by Gasteiger charge is 2.31. The van der Waals surface area contributed by atoms with E-state index in [1.807, 2.05) is 7.05 Å². The highest BCUT2D eigenvalue weighted by molar-refractivity contribution is 7.89. The Morgan fingerprint density at radius 3 is 2.29 bits per heavy atom. The zero-order valence-electron chi connectivity index (χ0n) is 12.4. The van der Waals surface area contributed by atoms with Gasteiger partial charge >= 0.3 is 0 Å². The highest BCUT2D eigenvalue weighted by atomic mass is 32.2. The number of nitrogens with zero attached hydrogens (tertiary/aromatic N) is 2. The molecule has 1 heterocycles. The Morgan fingerprint density at radius 2 is 1.76 bits per heavy atom. The molecule has 0 atom stereocenters. The molecule has 0 aliphatic carbocycles. The lowest BCUT2D eigenvalue weighted by Gasteiger charge is -2.29. The minimum absolute atomic E-state index is 0.0470. The van der Waals surface area contributed by atoms with Gasteiger partial charge in [-0.15, -0.1) is 0 Å². The van der Waals surface area contributed by atoms with Crippen molar-refractivity contribution >= 4 is 15.7 Å². The minimum atomic E-state index is -3.58. The second-order valence-electron chi connectivity index (χ2n) is 5.45. The largest absolute Gasteiger partial charge is 0.335 e. The Labute approximate surface area is 124 Å². The number of benzene rings is 1. The van der Waals surface area contributed by atoms with Crippen molar-refractivity contribution in [1.82, 2.24) is 4.31 Å². The normalized spacial score (nSPS) is 17.9. The average Bonchev–Trinajstić information content (AvgIpc) is 2.41. The molecular weight excluding hydrogens is 294 g/mol. The fourth-order valence-electron chi connectivity index (χ4n) is 2.51. The second-order valence-corrected chi connectivity index (χ2v) is 7.36. The number of quaternary nitrogens is 1. The van der Waals surface area contributed by atoms with Gasteiger partial charge in [-0.05, 0) is 25.5 Å². The molecule has 1 aromatic carbocycles. The average molecular weight is 314 g/mol. The van der Waals surface area contributed by atoms with E-state index in [-0.39, 0.29) is 10.6 Å². The van der Waals surface area contributed by atoms with Crippen molar-refractivity contribution in [3.63, 3.8) is 0 Å². The number of likely N-dealkylation sites (N-methyl/N-ethyl adjacent to an activating group) is 1. The zero-order valence-corrected chi connectivity index (χ0v) is 13.2. The van der Waals surface area contributed by atoms with Crippen molar-refractivity contribution in [2.45, 2.75) is 18.7 Å².